The summed E-state index contributed by atoms with van der Waals surface area (Å²) in [6.45, 7) is 2.64. The molecule has 0 aliphatic carbocycles. The maximum absolute atomic E-state index is 5.51. The second kappa shape index (κ2) is 7.84. The summed E-state index contributed by atoms with van der Waals surface area (Å²) in [5.41, 5.74) is 4.31. The number of nitrogens with zero attached hydrogens (tertiary/aromatic N) is 5. The summed E-state index contributed by atoms with van der Waals surface area (Å²) in [6, 6.07) is 20.5. The van der Waals surface area contributed by atoms with Gasteiger partial charge in [-0.1, -0.05) is 54.2 Å². The third kappa shape index (κ3) is 3.41. The molecule has 0 N–H and O–H groups in total. The van der Waals surface area contributed by atoms with Crippen LogP contribution in [0.3, 0.4) is 0 Å². The molecule has 5 aromatic rings. The lowest BCUT2D eigenvalue weighted by Crippen LogP contribution is -2.05. The van der Waals surface area contributed by atoms with E-state index in [0.717, 1.165) is 39.2 Å². The van der Waals surface area contributed by atoms with Crippen LogP contribution in [0.25, 0.3) is 22.4 Å². The molecule has 0 bridgehead atoms. The first kappa shape index (κ1) is 18.7. The first-order valence-corrected chi connectivity index (χ1v) is 10.7. The van der Waals surface area contributed by atoms with Crippen LogP contribution in [0, 0.1) is 6.92 Å². The number of rotatable bonds is 6. The summed E-state index contributed by atoms with van der Waals surface area (Å²) < 4.78 is 9.80. The molecule has 150 valence electrons. The molecule has 0 saturated heterocycles. The van der Waals surface area contributed by atoms with Crippen molar-refractivity contribution in [3.63, 3.8) is 0 Å². The van der Waals surface area contributed by atoms with E-state index in [2.05, 4.69) is 56.7 Å². The van der Waals surface area contributed by atoms with Crippen molar-refractivity contribution < 1.29 is 4.42 Å². The molecular weight excluding hydrogens is 394 g/mol. The Hall–Kier alpha value is -3.32. The van der Waals surface area contributed by atoms with Gasteiger partial charge in [-0.3, -0.25) is 4.57 Å². The molecule has 0 atom stereocenters. The second-order valence-corrected chi connectivity index (χ2v) is 8.08. The maximum Gasteiger partial charge on any atom is 0.192 e. The maximum atomic E-state index is 5.51. The Kier molecular flexibility index (Phi) is 4.88. The minimum Gasteiger partial charge on any atom is -0.469 e. The van der Waals surface area contributed by atoms with Crippen molar-refractivity contribution in [3.05, 3.63) is 84.1 Å². The van der Waals surface area contributed by atoms with Gasteiger partial charge in [0.15, 0.2) is 11.0 Å². The molecule has 0 amide bonds. The van der Waals surface area contributed by atoms with Gasteiger partial charge >= 0.3 is 0 Å². The summed E-state index contributed by atoms with van der Waals surface area (Å²) in [7, 11) is 2.06. The van der Waals surface area contributed by atoms with Crippen molar-refractivity contribution in [2.45, 2.75) is 24.4 Å². The Balaban J connectivity index is 1.49. The van der Waals surface area contributed by atoms with E-state index in [0.29, 0.717) is 12.3 Å². The van der Waals surface area contributed by atoms with E-state index >= 15 is 0 Å². The number of benzene rings is 2. The lowest BCUT2D eigenvalue weighted by molar-refractivity contribution is 0.534. The van der Waals surface area contributed by atoms with Crippen LogP contribution in [0.1, 0.15) is 17.1 Å². The monoisotopic (exact) mass is 415 g/mol. The highest BCUT2D eigenvalue weighted by Crippen LogP contribution is 2.30. The molecule has 0 fully saturated rings. The van der Waals surface area contributed by atoms with E-state index in [9.17, 15) is 0 Å². The van der Waals surface area contributed by atoms with Gasteiger partial charge in [0.25, 0.3) is 0 Å². The van der Waals surface area contributed by atoms with Crippen molar-refractivity contribution >= 4 is 22.8 Å². The fourth-order valence-electron chi connectivity index (χ4n) is 3.57. The summed E-state index contributed by atoms with van der Waals surface area (Å²) in [5.74, 6) is 3.38. The van der Waals surface area contributed by atoms with Crippen LogP contribution in [-0.2, 0) is 19.3 Å². The zero-order valence-electron chi connectivity index (χ0n) is 16.8. The smallest absolute Gasteiger partial charge is 0.192 e. The lowest BCUT2D eigenvalue weighted by Gasteiger charge is -2.10. The fourth-order valence-corrected chi connectivity index (χ4v) is 4.50. The zero-order chi connectivity index (χ0) is 20.5. The van der Waals surface area contributed by atoms with Gasteiger partial charge in [0, 0.05) is 7.05 Å². The normalized spacial score (nSPS) is 11.4. The van der Waals surface area contributed by atoms with Gasteiger partial charge in [0.2, 0.25) is 0 Å². The number of hydrogen-bond acceptors (Lipinski definition) is 5. The molecule has 3 aromatic heterocycles. The number of thioether (sulfide) groups is 1. The average molecular weight is 416 g/mol. The molecule has 2 aromatic carbocycles. The summed E-state index contributed by atoms with van der Waals surface area (Å²) >= 11 is 1.65. The standard InChI is InChI=1S/C23H21N5OS/c1-16-18(12-13-29-16)22-25-26-23(28(22)14-17-8-4-3-5-9-17)30-15-21-24-19-10-6-7-11-20(19)27(21)2/h3-13H,14-15H2,1-2H3. The molecule has 0 aliphatic rings. The number of aromatic nitrogens is 5. The third-order valence-electron chi connectivity index (χ3n) is 5.21. The molecule has 30 heavy (non-hydrogen) atoms. The predicted octanol–water partition coefficient (Wildman–Crippen LogP) is 5.07. The lowest BCUT2D eigenvalue weighted by atomic mass is 10.2. The highest BCUT2D eigenvalue weighted by molar-refractivity contribution is 7.98. The number of furan rings is 1. The van der Waals surface area contributed by atoms with Crippen molar-refractivity contribution in [2.24, 2.45) is 7.05 Å². The van der Waals surface area contributed by atoms with Crippen molar-refractivity contribution in [3.8, 4) is 11.4 Å². The summed E-state index contributed by atoms with van der Waals surface area (Å²) in [5, 5.41) is 9.87. The Bertz CT molecular complexity index is 1300. The molecule has 7 heteroatoms. The van der Waals surface area contributed by atoms with Crippen LogP contribution in [0.4, 0.5) is 0 Å². The summed E-state index contributed by atoms with van der Waals surface area (Å²) in [6.07, 6.45) is 1.69. The van der Waals surface area contributed by atoms with E-state index in [-0.39, 0.29) is 0 Å². The summed E-state index contributed by atoms with van der Waals surface area (Å²) in [4.78, 5) is 4.78. The van der Waals surface area contributed by atoms with E-state index in [1.165, 1.54) is 5.56 Å². The number of para-hydroxylation sites is 2. The number of fused-ring (bicyclic) bond motifs is 1. The Labute approximate surface area is 178 Å². The Morgan fingerprint density at radius 3 is 2.53 bits per heavy atom. The molecule has 0 unspecified atom stereocenters. The van der Waals surface area contributed by atoms with Crippen molar-refractivity contribution in [1.29, 1.82) is 0 Å². The number of hydrogen-bond donors (Lipinski definition) is 0. The molecule has 5 rings (SSSR count). The van der Waals surface area contributed by atoms with Gasteiger partial charge in [0.05, 0.1) is 35.2 Å². The predicted molar refractivity (Wildman–Crippen MR) is 118 cm³/mol. The minimum atomic E-state index is 0.693. The van der Waals surface area contributed by atoms with Gasteiger partial charge < -0.3 is 8.98 Å². The molecular formula is C23H21N5OS. The van der Waals surface area contributed by atoms with E-state index < -0.39 is 0 Å². The topological polar surface area (TPSA) is 61.7 Å². The van der Waals surface area contributed by atoms with Gasteiger partial charge in [-0.05, 0) is 30.7 Å². The Morgan fingerprint density at radius 1 is 0.967 bits per heavy atom. The highest BCUT2D eigenvalue weighted by atomic mass is 32.2. The van der Waals surface area contributed by atoms with Crippen LogP contribution in [-0.4, -0.2) is 24.3 Å². The molecule has 0 saturated carbocycles. The minimum absolute atomic E-state index is 0.693. The SMILES string of the molecule is Cc1occc1-c1nnc(SCc2nc3ccccc3n2C)n1Cc1ccccc1. The van der Waals surface area contributed by atoms with Crippen LogP contribution in [0.15, 0.2) is 76.5 Å². The quantitative estimate of drug-likeness (QED) is 0.362. The highest BCUT2D eigenvalue weighted by Gasteiger charge is 2.19. The second-order valence-electron chi connectivity index (χ2n) is 7.13. The van der Waals surface area contributed by atoms with Gasteiger partial charge in [-0.2, -0.15) is 0 Å². The molecule has 3 heterocycles. The molecule has 0 aliphatic heterocycles. The van der Waals surface area contributed by atoms with Crippen molar-refractivity contribution in [2.75, 3.05) is 0 Å². The van der Waals surface area contributed by atoms with Crippen LogP contribution >= 0.6 is 11.8 Å². The first-order valence-electron chi connectivity index (χ1n) is 9.75. The molecule has 0 radical (unpaired) electrons. The largest absolute Gasteiger partial charge is 0.469 e. The van der Waals surface area contributed by atoms with Crippen LogP contribution in [0.2, 0.25) is 0 Å². The van der Waals surface area contributed by atoms with E-state index in [4.69, 9.17) is 9.40 Å². The van der Waals surface area contributed by atoms with Crippen molar-refractivity contribution in [1.82, 2.24) is 24.3 Å². The van der Waals surface area contributed by atoms with E-state index in [1.807, 2.05) is 37.3 Å². The number of aryl methyl sites for hydroxylation is 2. The van der Waals surface area contributed by atoms with Crippen LogP contribution in [0.5, 0.6) is 0 Å². The van der Waals surface area contributed by atoms with Gasteiger partial charge in [-0.15, -0.1) is 10.2 Å². The zero-order valence-corrected chi connectivity index (χ0v) is 17.6. The fraction of sp³-hybridized carbons (Fsp3) is 0.174. The van der Waals surface area contributed by atoms with E-state index in [1.54, 1.807) is 18.0 Å². The number of imidazole rings is 1. The third-order valence-corrected chi connectivity index (χ3v) is 6.17. The van der Waals surface area contributed by atoms with Gasteiger partial charge in [0.1, 0.15) is 11.6 Å². The van der Waals surface area contributed by atoms with Gasteiger partial charge in [-0.25, -0.2) is 4.98 Å². The first-order chi connectivity index (χ1) is 14.7. The molecule has 6 nitrogen and oxygen atoms in total. The Morgan fingerprint density at radius 2 is 1.77 bits per heavy atom. The average Bonchev–Trinajstić information content (AvgIpc) is 3.45. The van der Waals surface area contributed by atoms with Crippen LogP contribution < -0.4 is 0 Å². The molecule has 0 spiro atoms.